The van der Waals surface area contributed by atoms with E-state index in [-0.39, 0.29) is 24.4 Å². The molecule has 0 unspecified atom stereocenters. The Morgan fingerprint density at radius 1 is 0.931 bits per heavy atom. The minimum Gasteiger partial charge on any atom is -0.328 e. The van der Waals surface area contributed by atoms with Gasteiger partial charge in [0.05, 0.1) is 0 Å². The Bertz CT molecular complexity index is 864. The lowest BCUT2D eigenvalue weighted by Crippen LogP contribution is -2.58. The van der Waals surface area contributed by atoms with Crippen molar-refractivity contribution in [1.82, 2.24) is 9.80 Å². The van der Waals surface area contributed by atoms with E-state index in [0.717, 1.165) is 42.1 Å². The largest absolute Gasteiger partial charge is 0.328 e. The number of halogens is 1. The Balaban J connectivity index is 1.62. The summed E-state index contributed by atoms with van der Waals surface area (Å²) in [5.41, 5.74) is 2.06. The molecule has 2 fully saturated rings. The van der Waals surface area contributed by atoms with Crippen LogP contribution in [0.2, 0.25) is 0 Å². The van der Waals surface area contributed by atoms with Crippen molar-refractivity contribution in [2.45, 2.75) is 50.6 Å². The molecule has 152 valence electrons. The molecule has 1 saturated heterocycles. The predicted molar refractivity (Wildman–Crippen MR) is 117 cm³/mol. The summed E-state index contributed by atoms with van der Waals surface area (Å²) in [6.07, 6.45) is 6.27. The molecule has 4 rings (SSSR count). The van der Waals surface area contributed by atoms with E-state index in [9.17, 15) is 9.59 Å². The van der Waals surface area contributed by atoms with E-state index in [2.05, 4.69) is 28.1 Å². The molecule has 1 saturated carbocycles. The van der Waals surface area contributed by atoms with Crippen LogP contribution in [0.25, 0.3) is 0 Å². The lowest BCUT2D eigenvalue weighted by Gasteiger charge is -2.44. The lowest BCUT2D eigenvalue weighted by atomic mass is 9.91. The Kier molecular flexibility index (Phi) is 6.34. The normalized spacial score (nSPS) is 20.9. The van der Waals surface area contributed by atoms with Crippen LogP contribution in [-0.4, -0.2) is 40.7 Å². The van der Waals surface area contributed by atoms with Crippen LogP contribution in [0.4, 0.5) is 0 Å². The fraction of sp³-hybridized carbons (Fsp3) is 0.417. The number of nitrogens with zero attached hydrogens (tertiary/aromatic N) is 2. The summed E-state index contributed by atoms with van der Waals surface area (Å²) in [5.74, 6) is 0.124. The van der Waals surface area contributed by atoms with E-state index in [1.807, 2.05) is 47.4 Å². The molecule has 1 atom stereocenters. The summed E-state index contributed by atoms with van der Waals surface area (Å²) in [5, 5.41) is 0. The maximum Gasteiger partial charge on any atom is 0.250 e. The summed E-state index contributed by atoms with van der Waals surface area (Å²) in [7, 11) is 0. The smallest absolute Gasteiger partial charge is 0.250 e. The zero-order chi connectivity index (χ0) is 20.2. The highest BCUT2D eigenvalue weighted by atomic mass is 79.9. The van der Waals surface area contributed by atoms with Gasteiger partial charge in [-0.25, -0.2) is 0 Å². The molecule has 0 spiro atoms. The molecule has 0 N–H and O–H groups in total. The Morgan fingerprint density at radius 3 is 2.41 bits per heavy atom. The number of rotatable bonds is 5. The van der Waals surface area contributed by atoms with E-state index in [1.54, 1.807) is 4.90 Å². The van der Waals surface area contributed by atoms with E-state index < -0.39 is 6.04 Å². The maximum atomic E-state index is 13.6. The summed E-state index contributed by atoms with van der Waals surface area (Å²) < 4.78 is 0.924. The fourth-order valence-electron chi connectivity index (χ4n) is 4.60. The topological polar surface area (TPSA) is 40.6 Å². The van der Waals surface area contributed by atoms with Gasteiger partial charge in [0.2, 0.25) is 5.91 Å². The summed E-state index contributed by atoms with van der Waals surface area (Å²) in [6.45, 7) is 0.757. The highest BCUT2D eigenvalue weighted by Gasteiger charge is 2.42. The highest BCUT2D eigenvalue weighted by Crippen LogP contribution is 2.33. The van der Waals surface area contributed by atoms with Gasteiger partial charge in [-0.15, -0.1) is 0 Å². The van der Waals surface area contributed by atoms with Gasteiger partial charge in [0.25, 0.3) is 5.91 Å². The molecule has 1 aliphatic carbocycles. The first kappa shape index (κ1) is 20.1. The molecule has 0 bridgehead atoms. The molecule has 29 heavy (non-hydrogen) atoms. The fourth-order valence-corrected chi connectivity index (χ4v) is 5.01. The van der Waals surface area contributed by atoms with Crippen LogP contribution in [-0.2, 0) is 16.0 Å². The van der Waals surface area contributed by atoms with E-state index >= 15 is 0 Å². The Hall–Kier alpha value is -2.14. The minimum atomic E-state index is -0.542. The molecule has 1 heterocycles. The van der Waals surface area contributed by atoms with Crippen LogP contribution >= 0.6 is 15.9 Å². The number of carbonyl (C=O) groups is 2. The lowest BCUT2D eigenvalue weighted by molar-refractivity contribution is -0.159. The van der Waals surface area contributed by atoms with Crippen LogP contribution in [0.5, 0.6) is 0 Å². The maximum absolute atomic E-state index is 13.6. The van der Waals surface area contributed by atoms with E-state index in [0.29, 0.717) is 6.54 Å². The molecule has 1 aliphatic heterocycles. The van der Waals surface area contributed by atoms with Crippen molar-refractivity contribution >= 4 is 27.7 Å². The van der Waals surface area contributed by atoms with Gasteiger partial charge in [0.1, 0.15) is 12.6 Å². The summed E-state index contributed by atoms with van der Waals surface area (Å²) >= 11 is 3.52. The Labute approximate surface area is 181 Å². The second-order valence-electron chi connectivity index (χ2n) is 8.04. The highest BCUT2D eigenvalue weighted by molar-refractivity contribution is 9.10. The standard InChI is InChI=1S/C24H27BrN2O2/c25-20-11-7-10-19(16-20)23-24(29)27(21-12-5-2-6-13-21)17-22(28)26(23)15-14-18-8-3-1-4-9-18/h1,3-4,7-11,16,21,23H,2,5-6,12-15,17H2/t23-/m1/s1. The van der Waals surface area contributed by atoms with Crippen LogP contribution in [0, 0.1) is 0 Å². The van der Waals surface area contributed by atoms with Crippen molar-refractivity contribution < 1.29 is 9.59 Å². The van der Waals surface area contributed by atoms with E-state index in [1.165, 1.54) is 12.0 Å². The molecule has 2 aromatic rings. The van der Waals surface area contributed by atoms with Crippen LogP contribution in [0.1, 0.15) is 49.3 Å². The molecule has 2 aromatic carbocycles. The van der Waals surface area contributed by atoms with Gasteiger partial charge >= 0.3 is 0 Å². The van der Waals surface area contributed by atoms with Crippen molar-refractivity contribution in [2.24, 2.45) is 0 Å². The van der Waals surface area contributed by atoms with Crippen LogP contribution in [0.15, 0.2) is 59.1 Å². The third kappa shape index (κ3) is 4.55. The second kappa shape index (κ2) is 9.12. The molecule has 0 aromatic heterocycles. The molecule has 4 nitrogen and oxygen atoms in total. The van der Waals surface area contributed by atoms with Gasteiger partial charge < -0.3 is 9.80 Å². The van der Waals surface area contributed by atoms with Gasteiger partial charge in [-0.3, -0.25) is 9.59 Å². The SMILES string of the molecule is O=C1[C@@H](c2cccc(Br)c2)N(CCc2ccccc2)C(=O)CN1C1CCCCC1. The number of piperazine rings is 1. The van der Waals surface area contributed by atoms with Gasteiger partial charge in [0.15, 0.2) is 0 Å². The molecule has 5 heteroatoms. The predicted octanol–water partition coefficient (Wildman–Crippen LogP) is 4.74. The minimum absolute atomic E-state index is 0.0519. The third-order valence-electron chi connectivity index (χ3n) is 6.12. The number of carbonyl (C=O) groups excluding carboxylic acids is 2. The summed E-state index contributed by atoms with van der Waals surface area (Å²) in [6, 6.07) is 17.6. The average Bonchev–Trinajstić information content (AvgIpc) is 2.75. The second-order valence-corrected chi connectivity index (χ2v) is 8.95. The third-order valence-corrected chi connectivity index (χ3v) is 6.61. The van der Waals surface area contributed by atoms with Crippen molar-refractivity contribution in [3.05, 3.63) is 70.2 Å². The van der Waals surface area contributed by atoms with Gasteiger partial charge in [-0.2, -0.15) is 0 Å². The van der Waals surface area contributed by atoms with Crippen molar-refractivity contribution in [2.75, 3.05) is 13.1 Å². The van der Waals surface area contributed by atoms with Crippen LogP contribution in [0.3, 0.4) is 0 Å². The monoisotopic (exact) mass is 454 g/mol. The molecule has 2 amide bonds. The first-order valence-electron chi connectivity index (χ1n) is 10.5. The van der Waals surface area contributed by atoms with Gasteiger partial charge in [-0.1, -0.05) is 77.7 Å². The number of benzene rings is 2. The van der Waals surface area contributed by atoms with Crippen molar-refractivity contribution in [1.29, 1.82) is 0 Å². The zero-order valence-electron chi connectivity index (χ0n) is 16.6. The zero-order valence-corrected chi connectivity index (χ0v) is 18.2. The van der Waals surface area contributed by atoms with E-state index in [4.69, 9.17) is 0 Å². The van der Waals surface area contributed by atoms with Crippen molar-refractivity contribution in [3.8, 4) is 0 Å². The first-order chi connectivity index (χ1) is 14.1. The van der Waals surface area contributed by atoms with Crippen molar-refractivity contribution in [3.63, 3.8) is 0 Å². The number of hydrogen-bond donors (Lipinski definition) is 0. The quantitative estimate of drug-likeness (QED) is 0.654. The number of hydrogen-bond acceptors (Lipinski definition) is 2. The summed E-state index contributed by atoms with van der Waals surface area (Å²) in [4.78, 5) is 30.5. The molecule has 2 aliphatic rings. The van der Waals surface area contributed by atoms with Gasteiger partial charge in [-0.05, 0) is 42.5 Å². The number of amides is 2. The molecule has 0 radical (unpaired) electrons. The first-order valence-corrected chi connectivity index (χ1v) is 11.3. The molecular formula is C24H27BrN2O2. The van der Waals surface area contributed by atoms with Gasteiger partial charge in [0, 0.05) is 17.1 Å². The average molecular weight is 455 g/mol. The molecular weight excluding hydrogens is 428 g/mol. The van der Waals surface area contributed by atoms with Crippen LogP contribution < -0.4 is 0 Å². The Morgan fingerprint density at radius 2 is 1.69 bits per heavy atom.